The first-order valence-corrected chi connectivity index (χ1v) is 7.64. The molecule has 0 aliphatic heterocycles. The Morgan fingerprint density at radius 3 is 2.44 bits per heavy atom. The van der Waals surface area contributed by atoms with Crippen molar-refractivity contribution in [2.24, 2.45) is 0 Å². The van der Waals surface area contributed by atoms with Crippen molar-refractivity contribution in [3.05, 3.63) is 59.9 Å². The molecule has 0 spiro atoms. The van der Waals surface area contributed by atoms with E-state index >= 15 is 0 Å². The molecule has 7 nitrogen and oxygen atoms in total. The van der Waals surface area contributed by atoms with E-state index in [4.69, 9.17) is 9.47 Å². The minimum absolute atomic E-state index is 0.263. The fourth-order valence-corrected chi connectivity index (χ4v) is 2.39. The number of amides is 1. The zero-order valence-electron chi connectivity index (χ0n) is 14.2. The predicted octanol–water partition coefficient (Wildman–Crippen LogP) is 2.85. The van der Waals surface area contributed by atoms with Crippen LogP contribution in [0.1, 0.15) is 16.2 Å². The maximum absolute atomic E-state index is 12.5. The minimum atomic E-state index is -0.322. The van der Waals surface area contributed by atoms with E-state index in [9.17, 15) is 4.79 Å². The van der Waals surface area contributed by atoms with Crippen molar-refractivity contribution >= 4 is 11.6 Å². The van der Waals surface area contributed by atoms with Crippen molar-refractivity contribution < 1.29 is 14.3 Å². The maximum Gasteiger partial charge on any atom is 0.278 e. The van der Waals surface area contributed by atoms with Crippen LogP contribution in [0.3, 0.4) is 0 Å². The number of benzene rings is 2. The van der Waals surface area contributed by atoms with Crippen molar-refractivity contribution in [2.45, 2.75) is 6.92 Å². The van der Waals surface area contributed by atoms with Crippen LogP contribution in [0, 0.1) is 6.92 Å². The van der Waals surface area contributed by atoms with E-state index in [0.717, 1.165) is 11.4 Å². The fourth-order valence-electron chi connectivity index (χ4n) is 2.39. The first-order chi connectivity index (χ1) is 12.1. The average molecular weight is 338 g/mol. The Balaban J connectivity index is 1.83. The third-order valence-electron chi connectivity index (χ3n) is 3.76. The van der Waals surface area contributed by atoms with Crippen molar-refractivity contribution in [3.8, 4) is 17.2 Å². The molecule has 1 heterocycles. The van der Waals surface area contributed by atoms with Gasteiger partial charge in [0.1, 0.15) is 11.5 Å². The lowest BCUT2D eigenvalue weighted by Gasteiger charge is -2.07. The second-order valence-corrected chi connectivity index (χ2v) is 5.32. The zero-order chi connectivity index (χ0) is 17.8. The summed E-state index contributed by atoms with van der Waals surface area (Å²) in [6.07, 6.45) is 0. The molecule has 2 aromatic carbocycles. The molecular formula is C18H18N4O3. The molecule has 0 fully saturated rings. The van der Waals surface area contributed by atoms with Gasteiger partial charge in [0.2, 0.25) is 0 Å². The molecule has 128 valence electrons. The number of methoxy groups -OCH3 is 2. The summed E-state index contributed by atoms with van der Waals surface area (Å²) in [7, 11) is 3.19. The highest BCUT2D eigenvalue weighted by Gasteiger charge is 2.17. The Morgan fingerprint density at radius 2 is 1.76 bits per heavy atom. The molecule has 25 heavy (non-hydrogen) atoms. The zero-order valence-corrected chi connectivity index (χ0v) is 14.2. The molecule has 3 rings (SSSR count). The Kier molecular flexibility index (Phi) is 4.65. The van der Waals surface area contributed by atoms with Crippen LogP contribution in [0.25, 0.3) is 5.69 Å². The molecule has 0 aliphatic carbocycles. The van der Waals surface area contributed by atoms with Gasteiger partial charge in [0, 0.05) is 11.8 Å². The van der Waals surface area contributed by atoms with Crippen LogP contribution in [-0.4, -0.2) is 35.1 Å². The highest BCUT2D eigenvalue weighted by Crippen LogP contribution is 2.19. The number of hydrogen-bond acceptors (Lipinski definition) is 5. The summed E-state index contributed by atoms with van der Waals surface area (Å²) in [6, 6.07) is 14.5. The molecule has 7 heteroatoms. The molecule has 1 N–H and O–H groups in total. The summed E-state index contributed by atoms with van der Waals surface area (Å²) in [4.78, 5) is 12.5. The van der Waals surface area contributed by atoms with E-state index in [1.165, 1.54) is 0 Å². The van der Waals surface area contributed by atoms with Gasteiger partial charge in [-0.25, -0.2) is 4.68 Å². The number of carbonyl (C=O) groups is 1. The largest absolute Gasteiger partial charge is 0.497 e. The van der Waals surface area contributed by atoms with Gasteiger partial charge < -0.3 is 14.8 Å². The summed E-state index contributed by atoms with van der Waals surface area (Å²) in [6.45, 7) is 1.79. The van der Waals surface area contributed by atoms with Gasteiger partial charge >= 0.3 is 0 Å². The summed E-state index contributed by atoms with van der Waals surface area (Å²) in [5.74, 6) is 1.10. The van der Waals surface area contributed by atoms with Gasteiger partial charge in [-0.2, -0.15) is 0 Å². The monoisotopic (exact) mass is 338 g/mol. The van der Waals surface area contributed by atoms with Crippen molar-refractivity contribution in [2.75, 3.05) is 19.5 Å². The lowest BCUT2D eigenvalue weighted by Crippen LogP contribution is -2.14. The van der Waals surface area contributed by atoms with E-state index < -0.39 is 0 Å². The van der Waals surface area contributed by atoms with E-state index in [-0.39, 0.29) is 11.6 Å². The SMILES string of the molecule is COc1ccc(NC(=O)c2nnn(-c3cccc(OC)c3)c2C)cc1. The Morgan fingerprint density at radius 1 is 1.04 bits per heavy atom. The normalized spacial score (nSPS) is 10.4. The lowest BCUT2D eigenvalue weighted by molar-refractivity contribution is 0.102. The molecule has 0 atom stereocenters. The molecule has 0 radical (unpaired) electrons. The summed E-state index contributed by atoms with van der Waals surface area (Å²) in [5, 5.41) is 10.9. The van der Waals surface area contributed by atoms with Crippen LogP contribution in [0.15, 0.2) is 48.5 Å². The van der Waals surface area contributed by atoms with Crippen LogP contribution < -0.4 is 14.8 Å². The van der Waals surface area contributed by atoms with Crippen molar-refractivity contribution in [1.29, 1.82) is 0 Å². The van der Waals surface area contributed by atoms with E-state index in [2.05, 4.69) is 15.6 Å². The second kappa shape index (κ2) is 7.04. The van der Waals surface area contributed by atoms with E-state index in [1.54, 1.807) is 50.1 Å². The topological polar surface area (TPSA) is 78.3 Å². The molecule has 1 amide bonds. The van der Waals surface area contributed by atoms with E-state index in [0.29, 0.717) is 17.1 Å². The van der Waals surface area contributed by atoms with E-state index in [1.807, 2.05) is 24.3 Å². The summed E-state index contributed by atoms with van der Waals surface area (Å²) < 4.78 is 11.9. The standard InChI is InChI=1S/C18H18N4O3/c1-12-17(18(23)19-13-7-9-15(24-2)10-8-13)20-21-22(12)14-5-4-6-16(11-14)25-3/h4-11H,1-3H3,(H,19,23). The molecule has 0 aliphatic rings. The summed E-state index contributed by atoms with van der Waals surface area (Å²) in [5.41, 5.74) is 2.33. The van der Waals surface area contributed by atoms with Gasteiger partial charge in [-0.3, -0.25) is 4.79 Å². The van der Waals surface area contributed by atoms with Crippen LogP contribution in [0.2, 0.25) is 0 Å². The number of hydrogen-bond donors (Lipinski definition) is 1. The molecule has 0 saturated heterocycles. The average Bonchev–Trinajstić information content (AvgIpc) is 3.04. The first-order valence-electron chi connectivity index (χ1n) is 7.64. The highest BCUT2D eigenvalue weighted by molar-refractivity contribution is 6.03. The number of anilines is 1. The molecule has 0 saturated carbocycles. The Labute approximate surface area is 145 Å². The molecule has 0 bridgehead atoms. The number of carbonyl (C=O) groups excluding carboxylic acids is 1. The first kappa shape index (κ1) is 16.5. The molecule has 1 aromatic heterocycles. The van der Waals surface area contributed by atoms with Crippen molar-refractivity contribution in [3.63, 3.8) is 0 Å². The third kappa shape index (κ3) is 3.45. The second-order valence-electron chi connectivity index (χ2n) is 5.32. The van der Waals surface area contributed by atoms with Crippen LogP contribution in [-0.2, 0) is 0 Å². The smallest absolute Gasteiger partial charge is 0.278 e. The third-order valence-corrected chi connectivity index (χ3v) is 3.76. The Hall–Kier alpha value is -3.35. The van der Waals surface area contributed by atoms with Crippen molar-refractivity contribution in [1.82, 2.24) is 15.0 Å². The van der Waals surface area contributed by atoms with Gasteiger partial charge in [0.25, 0.3) is 5.91 Å². The van der Waals surface area contributed by atoms with Gasteiger partial charge in [0.15, 0.2) is 5.69 Å². The number of ether oxygens (including phenoxy) is 2. The fraction of sp³-hybridized carbons (Fsp3) is 0.167. The number of nitrogens with zero attached hydrogens (tertiary/aromatic N) is 3. The summed E-state index contributed by atoms with van der Waals surface area (Å²) >= 11 is 0. The van der Waals surface area contributed by atoms with Gasteiger partial charge in [-0.15, -0.1) is 5.10 Å². The number of aromatic nitrogens is 3. The number of rotatable bonds is 5. The Bertz CT molecular complexity index is 888. The van der Waals surface area contributed by atoms with Gasteiger partial charge in [-0.1, -0.05) is 11.3 Å². The lowest BCUT2D eigenvalue weighted by atomic mass is 10.2. The minimum Gasteiger partial charge on any atom is -0.497 e. The highest BCUT2D eigenvalue weighted by atomic mass is 16.5. The predicted molar refractivity (Wildman–Crippen MR) is 93.6 cm³/mol. The van der Waals surface area contributed by atoms with Gasteiger partial charge in [0.05, 0.1) is 25.6 Å². The maximum atomic E-state index is 12.5. The van der Waals surface area contributed by atoms with Crippen LogP contribution >= 0.6 is 0 Å². The van der Waals surface area contributed by atoms with Crippen LogP contribution in [0.4, 0.5) is 5.69 Å². The molecule has 3 aromatic rings. The van der Waals surface area contributed by atoms with Gasteiger partial charge in [-0.05, 0) is 43.3 Å². The molecular weight excluding hydrogens is 320 g/mol. The number of nitrogens with one attached hydrogen (secondary N) is 1. The quantitative estimate of drug-likeness (QED) is 0.774. The molecule has 0 unspecified atom stereocenters. The van der Waals surface area contributed by atoms with Crippen LogP contribution in [0.5, 0.6) is 11.5 Å².